The first-order chi connectivity index (χ1) is 9.03. The number of nitrogens with one attached hydrogen (secondary N) is 1. The molecule has 100 valence electrons. The molecule has 19 heavy (non-hydrogen) atoms. The van der Waals surface area contributed by atoms with Crippen LogP contribution in [-0.4, -0.2) is 37.2 Å². The second-order valence-corrected chi connectivity index (χ2v) is 7.11. The molecule has 2 aromatic rings. The number of hydrogen-bond acceptors (Lipinski definition) is 4. The Morgan fingerprint density at radius 2 is 1.79 bits per heavy atom. The van der Waals surface area contributed by atoms with Gasteiger partial charge in [-0.05, 0) is 22.9 Å². The Morgan fingerprint density at radius 3 is 2.47 bits per heavy atom. The van der Waals surface area contributed by atoms with Gasteiger partial charge in [0.25, 0.3) is 0 Å². The van der Waals surface area contributed by atoms with Crippen LogP contribution in [-0.2, 0) is 9.84 Å². The van der Waals surface area contributed by atoms with E-state index in [1.807, 2.05) is 42.5 Å². The topological polar surface area (TPSA) is 66.4 Å². The molecule has 1 saturated heterocycles. The lowest BCUT2D eigenvalue weighted by atomic mass is 10.1. The molecule has 0 radical (unpaired) electrons. The van der Waals surface area contributed by atoms with Crippen LogP contribution in [0.5, 0.6) is 0 Å². The first-order valence-electron chi connectivity index (χ1n) is 6.17. The van der Waals surface area contributed by atoms with Crippen LogP contribution >= 0.6 is 0 Å². The summed E-state index contributed by atoms with van der Waals surface area (Å²) in [6.07, 6.45) is -0.837. The Bertz CT molecular complexity index is 711. The Balaban J connectivity index is 1.86. The maximum Gasteiger partial charge on any atom is 0.155 e. The van der Waals surface area contributed by atoms with Gasteiger partial charge in [-0.15, -0.1) is 0 Å². The van der Waals surface area contributed by atoms with Gasteiger partial charge in [0.1, 0.15) is 0 Å². The van der Waals surface area contributed by atoms with Gasteiger partial charge in [0.2, 0.25) is 0 Å². The predicted molar refractivity (Wildman–Crippen MR) is 76.0 cm³/mol. The second kappa shape index (κ2) is 4.51. The van der Waals surface area contributed by atoms with Crippen molar-refractivity contribution in [3.8, 4) is 0 Å². The summed E-state index contributed by atoms with van der Waals surface area (Å²) < 4.78 is 22.9. The monoisotopic (exact) mass is 277 g/mol. The summed E-state index contributed by atoms with van der Waals surface area (Å²) in [4.78, 5) is 0. The van der Waals surface area contributed by atoms with Crippen LogP contribution in [0.15, 0.2) is 42.5 Å². The molecule has 2 N–H and O–H groups in total. The van der Waals surface area contributed by atoms with Crippen molar-refractivity contribution in [1.82, 2.24) is 0 Å². The lowest BCUT2D eigenvalue weighted by Gasteiger charge is -2.16. The number of fused-ring (bicyclic) bond motifs is 1. The second-order valence-electron chi connectivity index (χ2n) is 4.96. The van der Waals surface area contributed by atoms with Crippen molar-refractivity contribution in [3.05, 3.63) is 42.5 Å². The molecule has 0 spiro atoms. The van der Waals surface area contributed by atoms with Crippen molar-refractivity contribution in [3.63, 3.8) is 0 Å². The molecule has 2 aromatic carbocycles. The zero-order valence-corrected chi connectivity index (χ0v) is 11.1. The summed E-state index contributed by atoms with van der Waals surface area (Å²) in [6.45, 7) is 0. The predicted octanol–water partition coefficient (Wildman–Crippen LogP) is 1.41. The van der Waals surface area contributed by atoms with Crippen molar-refractivity contribution < 1.29 is 13.5 Å². The third-order valence-corrected chi connectivity index (χ3v) is 5.14. The van der Waals surface area contributed by atoms with E-state index in [0.29, 0.717) is 0 Å². The minimum absolute atomic E-state index is 0.0129. The number of aliphatic hydroxyl groups is 1. The number of benzene rings is 2. The lowest BCUT2D eigenvalue weighted by molar-refractivity contribution is 0.190. The molecular weight excluding hydrogens is 262 g/mol. The van der Waals surface area contributed by atoms with Gasteiger partial charge >= 0.3 is 0 Å². The SMILES string of the molecule is O=S1(=O)C[C@H](O)[C@H](Nc2ccc3ccccc3c2)C1. The molecule has 0 saturated carbocycles. The maximum atomic E-state index is 11.5. The summed E-state index contributed by atoms with van der Waals surface area (Å²) in [5.41, 5.74) is 0.833. The van der Waals surface area contributed by atoms with E-state index in [1.165, 1.54) is 0 Å². The Hall–Kier alpha value is -1.59. The Kier molecular flexibility index (Phi) is 2.95. The highest BCUT2D eigenvalue weighted by molar-refractivity contribution is 7.91. The van der Waals surface area contributed by atoms with Crippen molar-refractivity contribution in [1.29, 1.82) is 0 Å². The molecule has 0 bridgehead atoms. The highest BCUT2D eigenvalue weighted by atomic mass is 32.2. The summed E-state index contributed by atoms with van der Waals surface area (Å²) in [7, 11) is -3.12. The van der Waals surface area contributed by atoms with E-state index < -0.39 is 22.0 Å². The van der Waals surface area contributed by atoms with Gasteiger partial charge < -0.3 is 10.4 Å². The van der Waals surface area contributed by atoms with Crippen LogP contribution in [0, 0.1) is 0 Å². The van der Waals surface area contributed by atoms with Gasteiger partial charge in [-0.1, -0.05) is 30.3 Å². The third kappa shape index (κ3) is 2.57. The quantitative estimate of drug-likeness (QED) is 0.871. The number of hydrogen-bond donors (Lipinski definition) is 2. The van der Waals surface area contributed by atoms with Crippen LogP contribution in [0.25, 0.3) is 10.8 Å². The lowest BCUT2D eigenvalue weighted by Crippen LogP contribution is -2.31. The van der Waals surface area contributed by atoms with E-state index in [-0.39, 0.29) is 11.5 Å². The zero-order chi connectivity index (χ0) is 13.5. The van der Waals surface area contributed by atoms with Crippen molar-refractivity contribution >= 4 is 26.3 Å². The van der Waals surface area contributed by atoms with Crippen LogP contribution in [0.2, 0.25) is 0 Å². The van der Waals surface area contributed by atoms with Crippen LogP contribution < -0.4 is 5.32 Å². The summed E-state index contributed by atoms with van der Waals surface area (Å²) in [5, 5.41) is 15.1. The number of aliphatic hydroxyl groups excluding tert-OH is 1. The normalized spacial score (nSPS) is 25.5. The zero-order valence-electron chi connectivity index (χ0n) is 10.3. The molecule has 0 unspecified atom stereocenters. The molecule has 1 aliphatic rings. The first-order valence-corrected chi connectivity index (χ1v) is 7.99. The standard InChI is InChI=1S/C14H15NO3S/c16-14-9-19(17,18)8-13(14)15-12-6-5-10-3-1-2-4-11(10)7-12/h1-7,13-16H,8-9H2/t13-,14+/m1/s1. The summed E-state index contributed by atoms with van der Waals surface area (Å²) >= 11 is 0. The van der Waals surface area contributed by atoms with E-state index in [2.05, 4.69) is 5.32 Å². The Morgan fingerprint density at radius 1 is 1.05 bits per heavy atom. The smallest absolute Gasteiger partial charge is 0.155 e. The molecule has 1 fully saturated rings. The molecule has 1 heterocycles. The molecule has 0 aliphatic carbocycles. The minimum atomic E-state index is -3.12. The summed E-state index contributed by atoms with van der Waals surface area (Å²) in [6, 6.07) is 13.4. The molecule has 4 nitrogen and oxygen atoms in total. The third-order valence-electron chi connectivity index (χ3n) is 3.42. The highest BCUT2D eigenvalue weighted by Gasteiger charge is 2.36. The molecule has 1 aliphatic heterocycles. The largest absolute Gasteiger partial charge is 0.390 e. The van der Waals surface area contributed by atoms with E-state index in [4.69, 9.17) is 0 Å². The van der Waals surface area contributed by atoms with Crippen molar-refractivity contribution in [2.45, 2.75) is 12.1 Å². The van der Waals surface area contributed by atoms with Gasteiger partial charge in [-0.2, -0.15) is 0 Å². The van der Waals surface area contributed by atoms with Crippen LogP contribution in [0.1, 0.15) is 0 Å². The maximum absolute atomic E-state index is 11.5. The minimum Gasteiger partial charge on any atom is -0.390 e. The summed E-state index contributed by atoms with van der Waals surface area (Å²) in [5.74, 6) is -0.167. The van der Waals surface area contributed by atoms with Gasteiger partial charge in [0.05, 0.1) is 23.7 Å². The van der Waals surface area contributed by atoms with Crippen LogP contribution in [0.3, 0.4) is 0 Å². The number of anilines is 1. The molecular formula is C14H15NO3S. The van der Waals surface area contributed by atoms with Gasteiger partial charge in [-0.25, -0.2) is 8.42 Å². The van der Waals surface area contributed by atoms with Gasteiger partial charge in [0.15, 0.2) is 9.84 Å². The van der Waals surface area contributed by atoms with Crippen molar-refractivity contribution in [2.24, 2.45) is 0 Å². The highest BCUT2D eigenvalue weighted by Crippen LogP contribution is 2.22. The average molecular weight is 277 g/mol. The average Bonchev–Trinajstić information content (AvgIpc) is 2.62. The molecule has 0 amide bonds. The Labute approximate surface area is 112 Å². The van der Waals surface area contributed by atoms with Gasteiger partial charge in [0, 0.05) is 5.69 Å². The van der Waals surface area contributed by atoms with E-state index >= 15 is 0 Å². The molecule has 3 rings (SSSR count). The molecule has 5 heteroatoms. The fraction of sp³-hybridized carbons (Fsp3) is 0.286. The number of rotatable bonds is 2. The molecule has 0 aromatic heterocycles. The number of sulfone groups is 1. The van der Waals surface area contributed by atoms with E-state index in [1.54, 1.807) is 0 Å². The van der Waals surface area contributed by atoms with Gasteiger partial charge in [-0.3, -0.25) is 0 Å². The fourth-order valence-electron chi connectivity index (χ4n) is 2.46. The fourth-order valence-corrected chi connectivity index (χ4v) is 4.20. The van der Waals surface area contributed by atoms with E-state index in [9.17, 15) is 13.5 Å². The van der Waals surface area contributed by atoms with Crippen LogP contribution in [0.4, 0.5) is 5.69 Å². The van der Waals surface area contributed by atoms with E-state index in [0.717, 1.165) is 16.5 Å². The molecule has 2 atom stereocenters. The van der Waals surface area contributed by atoms with Crippen molar-refractivity contribution in [2.75, 3.05) is 16.8 Å². The first kappa shape index (κ1) is 12.4.